The third-order valence-electron chi connectivity index (χ3n) is 6.91. The normalized spacial score (nSPS) is 24.5. The van der Waals surface area contributed by atoms with Crippen molar-refractivity contribution in [2.75, 3.05) is 13.7 Å². The molecule has 0 radical (unpaired) electrons. The van der Waals surface area contributed by atoms with Crippen LogP contribution in [0.4, 0.5) is 4.79 Å². The van der Waals surface area contributed by atoms with E-state index >= 15 is 0 Å². The van der Waals surface area contributed by atoms with Crippen LogP contribution in [0.2, 0.25) is 0 Å². The molecule has 1 fully saturated rings. The van der Waals surface area contributed by atoms with Gasteiger partial charge in [-0.2, -0.15) is 0 Å². The Morgan fingerprint density at radius 1 is 1.19 bits per heavy atom. The van der Waals surface area contributed by atoms with E-state index in [2.05, 4.69) is 17.5 Å². The molecule has 1 heterocycles. The Hall–Kier alpha value is -3.13. The van der Waals surface area contributed by atoms with E-state index in [1.54, 1.807) is 27.9 Å². The highest BCUT2D eigenvalue weighted by Crippen LogP contribution is 2.41. The predicted molar refractivity (Wildman–Crippen MR) is 142 cm³/mol. The predicted octanol–water partition coefficient (Wildman–Crippen LogP) is 4.66. The molecule has 8 heteroatoms. The van der Waals surface area contributed by atoms with Gasteiger partial charge in [-0.1, -0.05) is 62.4 Å². The molecule has 8 nitrogen and oxygen atoms in total. The van der Waals surface area contributed by atoms with Crippen molar-refractivity contribution in [1.29, 1.82) is 0 Å². The molecule has 202 valence electrons. The zero-order chi connectivity index (χ0) is 27.4. The van der Waals surface area contributed by atoms with Crippen LogP contribution in [0.5, 0.6) is 0 Å². The lowest BCUT2D eigenvalue weighted by molar-refractivity contribution is -0.149. The molecular weight excluding hydrogens is 472 g/mol. The Bertz CT molecular complexity index is 1040. The van der Waals surface area contributed by atoms with Gasteiger partial charge >= 0.3 is 12.1 Å². The zero-order valence-electron chi connectivity index (χ0n) is 22.7. The molecule has 2 aliphatic rings. The van der Waals surface area contributed by atoms with Crippen LogP contribution in [0.1, 0.15) is 59.4 Å². The number of ether oxygens (including phenoxy) is 2. The van der Waals surface area contributed by atoms with E-state index in [1.165, 1.54) is 4.90 Å². The maximum atomic E-state index is 13.7. The quantitative estimate of drug-likeness (QED) is 0.525. The lowest BCUT2D eigenvalue weighted by atomic mass is 9.79. The smallest absolute Gasteiger partial charge is 0.408 e. The van der Waals surface area contributed by atoms with Crippen molar-refractivity contribution >= 4 is 23.5 Å². The standard InChI is InChI=1S/C29H40N2O6/c1-19(2)16-23(30-27(35)37-28(3,4)5)25(32)31-18-29(36-6,17-24(31)26(33)34)22-14-12-21(13-15-22)20-10-8-7-9-11-20/h7-14,19,22-24H,15-18H2,1-6H3,(H,30,35)(H,33,34)/t22?,23-,24-,29-/m0/s1. The van der Waals surface area contributed by atoms with E-state index in [0.717, 1.165) is 11.1 Å². The number of carbonyl (C=O) groups excluding carboxylic acids is 2. The van der Waals surface area contributed by atoms with Gasteiger partial charge in [-0.15, -0.1) is 0 Å². The fourth-order valence-corrected chi connectivity index (χ4v) is 5.12. The molecule has 37 heavy (non-hydrogen) atoms. The summed E-state index contributed by atoms with van der Waals surface area (Å²) in [5.41, 5.74) is 0.627. The Labute approximate surface area is 219 Å². The highest BCUT2D eigenvalue weighted by atomic mass is 16.6. The van der Waals surface area contributed by atoms with E-state index in [-0.39, 0.29) is 24.8 Å². The minimum absolute atomic E-state index is 0.0878. The average molecular weight is 513 g/mol. The average Bonchev–Trinajstić information content (AvgIpc) is 3.24. The van der Waals surface area contributed by atoms with Gasteiger partial charge in [-0.25, -0.2) is 9.59 Å². The van der Waals surface area contributed by atoms with Gasteiger partial charge < -0.3 is 24.8 Å². The second-order valence-electron chi connectivity index (χ2n) is 11.3. The van der Waals surface area contributed by atoms with Crippen LogP contribution < -0.4 is 5.32 Å². The molecule has 0 bridgehead atoms. The molecule has 1 aromatic rings. The van der Waals surface area contributed by atoms with Crippen LogP contribution >= 0.6 is 0 Å². The molecule has 2 amide bonds. The second kappa shape index (κ2) is 11.5. The lowest BCUT2D eigenvalue weighted by Crippen LogP contribution is -2.53. The number of carbonyl (C=O) groups is 3. The summed E-state index contributed by atoms with van der Waals surface area (Å²) in [6, 6.07) is 8.08. The maximum absolute atomic E-state index is 13.7. The van der Waals surface area contributed by atoms with Gasteiger partial charge in [0.25, 0.3) is 0 Å². The van der Waals surface area contributed by atoms with E-state index in [1.807, 2.05) is 50.3 Å². The first kappa shape index (κ1) is 28.4. The molecule has 3 rings (SSSR count). The third-order valence-corrected chi connectivity index (χ3v) is 6.91. The van der Waals surface area contributed by atoms with Crippen molar-refractivity contribution in [3.63, 3.8) is 0 Å². The van der Waals surface area contributed by atoms with Crippen LogP contribution in [0.3, 0.4) is 0 Å². The number of alkyl carbamates (subject to hydrolysis) is 1. The number of nitrogens with one attached hydrogen (secondary N) is 1. The minimum Gasteiger partial charge on any atom is -0.480 e. The molecule has 0 spiro atoms. The van der Waals surface area contributed by atoms with E-state index in [0.29, 0.717) is 12.8 Å². The Balaban J connectivity index is 1.82. The zero-order valence-corrected chi connectivity index (χ0v) is 22.7. The molecule has 0 saturated carbocycles. The summed E-state index contributed by atoms with van der Waals surface area (Å²) in [7, 11) is 1.57. The van der Waals surface area contributed by atoms with Crippen LogP contribution in [0, 0.1) is 11.8 Å². The Morgan fingerprint density at radius 2 is 1.86 bits per heavy atom. The van der Waals surface area contributed by atoms with Crippen LogP contribution in [-0.4, -0.2) is 64.9 Å². The van der Waals surface area contributed by atoms with Gasteiger partial charge in [0.05, 0.1) is 12.1 Å². The van der Waals surface area contributed by atoms with E-state index < -0.39 is 41.3 Å². The van der Waals surface area contributed by atoms with Crippen LogP contribution in [0.25, 0.3) is 5.57 Å². The SMILES string of the molecule is CO[C@@]1(C2C=CC(c3ccccc3)=CC2)C[C@@H](C(=O)O)N(C(=O)[C@H](CC(C)C)NC(=O)OC(C)(C)C)C1. The van der Waals surface area contributed by atoms with Crippen molar-refractivity contribution in [3.8, 4) is 0 Å². The van der Waals surface area contributed by atoms with Crippen molar-refractivity contribution in [3.05, 3.63) is 54.1 Å². The molecule has 1 aliphatic heterocycles. The number of hydrogen-bond acceptors (Lipinski definition) is 5. The fourth-order valence-electron chi connectivity index (χ4n) is 5.12. The topological polar surface area (TPSA) is 105 Å². The van der Waals surface area contributed by atoms with Crippen LogP contribution in [0.15, 0.2) is 48.6 Å². The summed E-state index contributed by atoms with van der Waals surface area (Å²) in [5.74, 6) is -1.55. The lowest BCUT2D eigenvalue weighted by Gasteiger charge is -2.36. The van der Waals surface area contributed by atoms with Gasteiger partial charge in [0.2, 0.25) is 5.91 Å². The van der Waals surface area contributed by atoms with Gasteiger partial charge in [-0.3, -0.25) is 4.79 Å². The van der Waals surface area contributed by atoms with Gasteiger partial charge in [-0.05, 0) is 50.7 Å². The number of aliphatic carboxylic acids is 1. The number of carboxylic acid groups (broad SMARTS) is 1. The monoisotopic (exact) mass is 512 g/mol. The fraction of sp³-hybridized carbons (Fsp3) is 0.552. The number of carboxylic acids is 1. The van der Waals surface area contributed by atoms with Gasteiger partial charge in [0, 0.05) is 19.4 Å². The van der Waals surface area contributed by atoms with E-state index in [9.17, 15) is 19.5 Å². The number of nitrogens with zero attached hydrogens (tertiary/aromatic N) is 1. The first-order chi connectivity index (χ1) is 17.3. The number of methoxy groups -OCH3 is 1. The van der Waals surface area contributed by atoms with Gasteiger partial charge in [0.1, 0.15) is 17.7 Å². The summed E-state index contributed by atoms with van der Waals surface area (Å²) in [6.07, 6.45) is 6.70. The van der Waals surface area contributed by atoms with Crippen molar-refractivity contribution in [2.45, 2.75) is 77.2 Å². The second-order valence-corrected chi connectivity index (χ2v) is 11.3. The highest BCUT2D eigenvalue weighted by Gasteiger charge is 2.53. The van der Waals surface area contributed by atoms with Crippen molar-refractivity contribution in [1.82, 2.24) is 10.2 Å². The number of likely N-dealkylation sites (tertiary alicyclic amines) is 1. The van der Waals surface area contributed by atoms with Crippen molar-refractivity contribution in [2.24, 2.45) is 11.8 Å². The summed E-state index contributed by atoms with van der Waals surface area (Å²) in [4.78, 5) is 39.9. The first-order valence-electron chi connectivity index (χ1n) is 12.9. The summed E-state index contributed by atoms with van der Waals surface area (Å²) in [6.45, 7) is 9.24. The Kier molecular flexibility index (Phi) is 8.84. The largest absolute Gasteiger partial charge is 0.480 e. The maximum Gasteiger partial charge on any atom is 0.408 e. The first-order valence-corrected chi connectivity index (χ1v) is 12.9. The molecule has 2 N–H and O–H groups in total. The molecule has 1 saturated heterocycles. The molecule has 1 unspecified atom stereocenters. The summed E-state index contributed by atoms with van der Waals surface area (Å²) in [5, 5.41) is 12.7. The Morgan fingerprint density at radius 3 is 2.38 bits per heavy atom. The van der Waals surface area contributed by atoms with Crippen LogP contribution in [-0.2, 0) is 19.1 Å². The minimum atomic E-state index is -1.09. The highest BCUT2D eigenvalue weighted by molar-refractivity contribution is 5.90. The van der Waals surface area contributed by atoms with E-state index in [4.69, 9.17) is 9.47 Å². The number of allylic oxidation sites excluding steroid dienone is 3. The molecule has 1 aromatic carbocycles. The van der Waals surface area contributed by atoms with Gasteiger partial charge in [0.15, 0.2) is 0 Å². The third kappa shape index (κ3) is 7.01. The van der Waals surface area contributed by atoms with Crippen molar-refractivity contribution < 1.29 is 29.0 Å². The number of benzene rings is 1. The molecular formula is C29H40N2O6. The molecule has 4 atom stereocenters. The summed E-state index contributed by atoms with van der Waals surface area (Å²) >= 11 is 0. The summed E-state index contributed by atoms with van der Waals surface area (Å²) < 4.78 is 11.4. The molecule has 0 aromatic heterocycles. The molecule has 1 aliphatic carbocycles. The number of amides is 2. The number of hydrogen-bond donors (Lipinski definition) is 2. The number of rotatable bonds is 8.